The van der Waals surface area contributed by atoms with Crippen molar-refractivity contribution in [3.63, 3.8) is 0 Å². The van der Waals surface area contributed by atoms with E-state index < -0.39 is 0 Å². The summed E-state index contributed by atoms with van der Waals surface area (Å²) in [6, 6.07) is 15.4. The molecule has 2 heterocycles. The topological polar surface area (TPSA) is 58.4 Å². The lowest BCUT2D eigenvalue weighted by molar-refractivity contribution is 0.184. The number of aliphatic hydroxyl groups excluding tert-OH is 1. The average Bonchev–Trinajstić information content (AvgIpc) is 3.27. The van der Waals surface area contributed by atoms with Crippen LogP contribution in [-0.2, 0) is 6.54 Å². The molecule has 7 heteroatoms. The van der Waals surface area contributed by atoms with Gasteiger partial charge in [-0.3, -0.25) is 9.36 Å². The number of fused-ring (bicyclic) bond motifs is 1. The molecule has 1 aliphatic heterocycles. The summed E-state index contributed by atoms with van der Waals surface area (Å²) in [5, 5.41) is 11.4. The van der Waals surface area contributed by atoms with Gasteiger partial charge in [0.25, 0.3) is 5.56 Å². The molecule has 0 radical (unpaired) electrons. The highest BCUT2D eigenvalue weighted by Crippen LogP contribution is 2.42. The van der Waals surface area contributed by atoms with Crippen molar-refractivity contribution in [2.24, 2.45) is 0 Å². The molecular weight excluding hydrogens is 430 g/mol. The molecule has 4 rings (SSSR count). The number of aromatic nitrogens is 2. The lowest BCUT2D eigenvalue weighted by Gasteiger charge is -2.32. The molecule has 0 amide bonds. The summed E-state index contributed by atoms with van der Waals surface area (Å²) in [5.74, 6) is 0. The van der Waals surface area contributed by atoms with Crippen molar-refractivity contribution in [2.45, 2.75) is 42.8 Å². The second-order valence-corrected chi connectivity index (χ2v) is 9.19. The van der Waals surface area contributed by atoms with Crippen molar-refractivity contribution in [1.82, 2.24) is 14.5 Å². The van der Waals surface area contributed by atoms with Gasteiger partial charge >= 0.3 is 0 Å². The summed E-state index contributed by atoms with van der Waals surface area (Å²) in [6.07, 6.45) is 1.99. The zero-order valence-electron chi connectivity index (χ0n) is 17.5. The second kappa shape index (κ2) is 9.47. The molecule has 5 nitrogen and oxygen atoms in total. The van der Waals surface area contributed by atoms with Crippen LogP contribution in [0.3, 0.4) is 0 Å². The first-order valence-electron chi connectivity index (χ1n) is 10.5. The zero-order chi connectivity index (χ0) is 22.0. The Kier molecular flexibility index (Phi) is 6.70. The number of thioether (sulfide) groups is 1. The van der Waals surface area contributed by atoms with Crippen LogP contribution >= 0.6 is 23.4 Å². The van der Waals surface area contributed by atoms with Gasteiger partial charge in [0.1, 0.15) is 0 Å². The molecule has 1 saturated heterocycles. The highest BCUT2D eigenvalue weighted by molar-refractivity contribution is 7.99. The van der Waals surface area contributed by atoms with Gasteiger partial charge < -0.3 is 10.0 Å². The van der Waals surface area contributed by atoms with Gasteiger partial charge in [-0.25, -0.2) is 4.98 Å². The number of hydrogen-bond donors (Lipinski definition) is 1. The molecule has 1 aliphatic rings. The van der Waals surface area contributed by atoms with Gasteiger partial charge in [-0.1, -0.05) is 60.3 Å². The molecule has 0 bridgehead atoms. The van der Waals surface area contributed by atoms with Crippen LogP contribution in [0.4, 0.5) is 0 Å². The van der Waals surface area contributed by atoms with Crippen molar-refractivity contribution in [3.8, 4) is 0 Å². The minimum Gasteiger partial charge on any atom is -0.394 e. The smallest absolute Gasteiger partial charge is 0.262 e. The number of benzene rings is 2. The summed E-state index contributed by atoms with van der Waals surface area (Å²) in [7, 11) is 0. The van der Waals surface area contributed by atoms with E-state index in [2.05, 4.69) is 23.6 Å². The van der Waals surface area contributed by atoms with E-state index in [0.29, 0.717) is 27.6 Å². The summed E-state index contributed by atoms with van der Waals surface area (Å²) in [5.41, 5.74) is 2.56. The molecular formula is C24H26ClN3O2S. The van der Waals surface area contributed by atoms with E-state index in [-0.39, 0.29) is 23.5 Å². The predicted octanol–water partition coefficient (Wildman–Crippen LogP) is 4.87. The second-order valence-electron chi connectivity index (χ2n) is 7.68. The number of likely N-dealkylation sites (tertiary alicyclic amines) is 1. The first kappa shape index (κ1) is 21.9. The van der Waals surface area contributed by atoms with Crippen LogP contribution in [0.15, 0.2) is 70.8 Å². The predicted molar refractivity (Wildman–Crippen MR) is 128 cm³/mol. The molecule has 0 aliphatic carbocycles. The maximum absolute atomic E-state index is 13.2. The van der Waals surface area contributed by atoms with Gasteiger partial charge in [0.2, 0.25) is 0 Å². The van der Waals surface area contributed by atoms with E-state index in [1.54, 1.807) is 22.8 Å². The zero-order valence-corrected chi connectivity index (χ0v) is 19.1. The summed E-state index contributed by atoms with van der Waals surface area (Å²) in [6.45, 7) is 7.86. The first-order chi connectivity index (χ1) is 15.0. The normalized spacial score (nSPS) is 17.3. The Labute approximate surface area is 191 Å². The van der Waals surface area contributed by atoms with Gasteiger partial charge in [0, 0.05) is 23.8 Å². The van der Waals surface area contributed by atoms with Gasteiger partial charge in [-0.15, -0.1) is 0 Å². The highest BCUT2D eigenvalue weighted by atomic mass is 35.5. The standard InChI is InChI=1S/C24H26ClN3O2S/c1-3-27-23(30)20-14-18(25)11-12-21(20)26-24(27)31-22(17-8-5-4-6-9-17)16(2)28-13-7-10-19(28)15-29/h4-6,8-9,11-12,14,19,22,29H,2-3,7,10,13,15H2,1H3. The third-order valence-electron chi connectivity index (χ3n) is 5.78. The molecule has 162 valence electrons. The monoisotopic (exact) mass is 455 g/mol. The molecule has 1 N–H and O–H groups in total. The van der Waals surface area contributed by atoms with Crippen LogP contribution in [0.25, 0.3) is 10.9 Å². The quantitative estimate of drug-likeness (QED) is 0.406. The Morgan fingerprint density at radius 1 is 1.32 bits per heavy atom. The molecule has 1 fully saturated rings. The largest absolute Gasteiger partial charge is 0.394 e. The molecule has 2 aromatic carbocycles. The number of hydrogen-bond acceptors (Lipinski definition) is 5. The minimum atomic E-state index is -0.122. The molecule has 31 heavy (non-hydrogen) atoms. The Morgan fingerprint density at radius 2 is 2.10 bits per heavy atom. The fourth-order valence-corrected chi connectivity index (χ4v) is 5.60. The first-order valence-corrected chi connectivity index (χ1v) is 11.8. The lowest BCUT2D eigenvalue weighted by atomic mass is 10.1. The number of nitrogens with zero attached hydrogens (tertiary/aromatic N) is 3. The molecule has 2 atom stereocenters. The molecule has 2 unspecified atom stereocenters. The highest BCUT2D eigenvalue weighted by Gasteiger charge is 2.30. The van der Waals surface area contributed by atoms with Crippen LogP contribution < -0.4 is 5.56 Å². The molecule has 3 aromatic rings. The third-order valence-corrected chi connectivity index (χ3v) is 7.32. The van der Waals surface area contributed by atoms with Crippen LogP contribution in [0.5, 0.6) is 0 Å². The van der Waals surface area contributed by atoms with Crippen molar-refractivity contribution in [3.05, 3.63) is 81.7 Å². The minimum absolute atomic E-state index is 0.0828. The number of aliphatic hydroxyl groups is 1. The summed E-state index contributed by atoms with van der Waals surface area (Å²) < 4.78 is 1.69. The van der Waals surface area contributed by atoms with Crippen LogP contribution in [0.2, 0.25) is 5.02 Å². The van der Waals surface area contributed by atoms with Gasteiger partial charge in [0.15, 0.2) is 5.16 Å². The Morgan fingerprint density at radius 3 is 2.81 bits per heavy atom. The summed E-state index contributed by atoms with van der Waals surface area (Å²) in [4.78, 5) is 20.2. The van der Waals surface area contributed by atoms with Crippen LogP contribution in [0.1, 0.15) is 30.6 Å². The van der Waals surface area contributed by atoms with E-state index >= 15 is 0 Å². The van der Waals surface area contributed by atoms with Crippen molar-refractivity contribution in [1.29, 1.82) is 0 Å². The van der Waals surface area contributed by atoms with Gasteiger partial charge in [-0.05, 0) is 43.5 Å². The van der Waals surface area contributed by atoms with Crippen molar-refractivity contribution < 1.29 is 5.11 Å². The lowest BCUT2D eigenvalue weighted by Crippen LogP contribution is -2.33. The van der Waals surface area contributed by atoms with E-state index in [1.165, 1.54) is 11.8 Å². The number of halogens is 1. The Bertz CT molecular complexity index is 1150. The van der Waals surface area contributed by atoms with E-state index in [0.717, 1.165) is 30.6 Å². The Hall–Kier alpha value is -2.28. The van der Waals surface area contributed by atoms with Crippen molar-refractivity contribution in [2.75, 3.05) is 13.2 Å². The maximum atomic E-state index is 13.2. The van der Waals surface area contributed by atoms with Crippen LogP contribution in [-0.4, -0.2) is 38.8 Å². The SMILES string of the molecule is C=C(C(Sc1nc2ccc(Cl)cc2c(=O)n1CC)c1ccccc1)N1CCCC1CO. The maximum Gasteiger partial charge on any atom is 0.262 e. The Balaban J connectivity index is 1.79. The van der Waals surface area contributed by atoms with Crippen LogP contribution in [0, 0.1) is 0 Å². The van der Waals surface area contributed by atoms with E-state index in [1.807, 2.05) is 25.1 Å². The fourth-order valence-electron chi connectivity index (χ4n) is 4.16. The molecule has 0 saturated carbocycles. The van der Waals surface area contributed by atoms with Gasteiger partial charge in [-0.2, -0.15) is 0 Å². The molecule has 0 spiro atoms. The fraction of sp³-hybridized carbons (Fsp3) is 0.333. The van der Waals surface area contributed by atoms with E-state index in [9.17, 15) is 9.90 Å². The van der Waals surface area contributed by atoms with Crippen molar-refractivity contribution >= 4 is 34.3 Å². The number of rotatable bonds is 7. The molecule has 1 aromatic heterocycles. The van der Waals surface area contributed by atoms with E-state index in [4.69, 9.17) is 16.6 Å². The van der Waals surface area contributed by atoms with Gasteiger partial charge in [0.05, 0.1) is 28.8 Å². The summed E-state index contributed by atoms with van der Waals surface area (Å²) >= 11 is 7.64. The average molecular weight is 456 g/mol. The third kappa shape index (κ3) is 4.38.